The number of fused-ring (bicyclic) bond motifs is 2. The Kier molecular flexibility index (Phi) is 15.4. The predicted molar refractivity (Wildman–Crippen MR) is 165 cm³/mol. The number of furan rings is 1. The summed E-state index contributed by atoms with van der Waals surface area (Å²) in [6.45, 7) is 14.4. The van der Waals surface area contributed by atoms with Crippen LogP contribution in [0.3, 0.4) is 0 Å². The first kappa shape index (κ1) is 34.4. The number of nitrogens with zero attached hydrogens (tertiary/aromatic N) is 2. The topological polar surface area (TPSA) is 100 Å². The maximum Gasteiger partial charge on any atom is 0.342 e. The zero-order valence-electron chi connectivity index (χ0n) is 24.4. The molecule has 8 nitrogen and oxygen atoms in total. The Balaban J connectivity index is 0.000000570. The summed E-state index contributed by atoms with van der Waals surface area (Å²) in [5.74, 6) is 2.12. The Morgan fingerprint density at radius 1 is 1.00 bits per heavy atom. The summed E-state index contributed by atoms with van der Waals surface area (Å²) in [7, 11) is 2.85. The highest BCUT2D eigenvalue weighted by Crippen LogP contribution is 2.34. The van der Waals surface area contributed by atoms with Gasteiger partial charge in [0.2, 0.25) is 0 Å². The molecule has 220 valence electrons. The maximum absolute atomic E-state index is 12.0. The van der Waals surface area contributed by atoms with Gasteiger partial charge in [0, 0.05) is 29.1 Å². The van der Waals surface area contributed by atoms with Crippen molar-refractivity contribution in [2.24, 2.45) is 5.73 Å². The minimum absolute atomic E-state index is 0. The molecule has 4 aromatic rings. The fourth-order valence-corrected chi connectivity index (χ4v) is 4.29. The van der Waals surface area contributed by atoms with Crippen molar-refractivity contribution in [3.63, 3.8) is 0 Å². The number of esters is 1. The van der Waals surface area contributed by atoms with Gasteiger partial charge in [0.15, 0.2) is 0 Å². The van der Waals surface area contributed by atoms with Crippen LogP contribution in [-0.2, 0) is 4.74 Å². The molecule has 8 heteroatoms. The summed E-state index contributed by atoms with van der Waals surface area (Å²) < 4.78 is 22.2. The van der Waals surface area contributed by atoms with Crippen LogP contribution in [0.1, 0.15) is 64.1 Å². The molecule has 0 saturated carbocycles. The van der Waals surface area contributed by atoms with E-state index in [4.69, 9.17) is 18.6 Å². The molecule has 40 heavy (non-hydrogen) atoms. The highest BCUT2D eigenvalue weighted by molar-refractivity contribution is 6.04. The number of hydrogen-bond donors (Lipinski definition) is 1. The van der Waals surface area contributed by atoms with Gasteiger partial charge in [0.05, 0.1) is 19.2 Å². The minimum Gasteiger partial charge on any atom is -0.494 e. The van der Waals surface area contributed by atoms with Crippen LogP contribution in [-0.4, -0.2) is 56.3 Å². The number of pyridine rings is 1. The Labute approximate surface area is 239 Å². The van der Waals surface area contributed by atoms with Crippen molar-refractivity contribution >= 4 is 27.8 Å². The van der Waals surface area contributed by atoms with Gasteiger partial charge in [0.25, 0.3) is 0 Å². The Morgan fingerprint density at radius 3 is 2.25 bits per heavy atom. The number of aromatic nitrogens is 1. The molecule has 2 N–H and O–H groups in total. The number of ether oxygens (including phenoxy) is 3. The lowest BCUT2D eigenvalue weighted by atomic mass is 10.1. The van der Waals surface area contributed by atoms with Gasteiger partial charge in [-0.15, -0.1) is 0 Å². The smallest absolute Gasteiger partial charge is 0.342 e. The van der Waals surface area contributed by atoms with Gasteiger partial charge in [-0.05, 0) is 83.7 Å². The fourth-order valence-electron chi connectivity index (χ4n) is 4.29. The maximum atomic E-state index is 12.0. The quantitative estimate of drug-likeness (QED) is 0.244. The van der Waals surface area contributed by atoms with Crippen LogP contribution >= 0.6 is 0 Å². The van der Waals surface area contributed by atoms with Crippen LogP contribution in [0.2, 0.25) is 0 Å². The van der Waals surface area contributed by atoms with Crippen LogP contribution < -0.4 is 15.2 Å². The largest absolute Gasteiger partial charge is 0.494 e. The van der Waals surface area contributed by atoms with E-state index in [0.717, 1.165) is 16.7 Å². The highest BCUT2D eigenvalue weighted by atomic mass is 16.5. The van der Waals surface area contributed by atoms with E-state index in [2.05, 4.69) is 22.5 Å². The van der Waals surface area contributed by atoms with E-state index in [1.807, 2.05) is 39.0 Å². The van der Waals surface area contributed by atoms with Crippen molar-refractivity contribution in [1.29, 1.82) is 0 Å². The minimum atomic E-state index is -0.421. The molecule has 5 rings (SSSR count). The second-order valence-electron chi connectivity index (χ2n) is 8.35. The van der Waals surface area contributed by atoms with Crippen molar-refractivity contribution in [2.75, 3.05) is 40.4 Å². The number of likely N-dealkylation sites (tertiary alicyclic amines) is 1. The molecule has 1 fully saturated rings. The molecular weight excluding hydrogens is 506 g/mol. The molecule has 1 aliphatic heterocycles. The Bertz CT molecular complexity index is 1310. The van der Waals surface area contributed by atoms with Gasteiger partial charge in [0.1, 0.15) is 34.2 Å². The molecule has 2 aromatic carbocycles. The zero-order valence-corrected chi connectivity index (χ0v) is 24.4. The monoisotopic (exact) mass is 553 g/mol. The van der Waals surface area contributed by atoms with Crippen molar-refractivity contribution < 1.29 is 23.4 Å². The average Bonchev–Trinajstić information content (AvgIpc) is 3.62. The normalized spacial score (nSPS) is 12.1. The summed E-state index contributed by atoms with van der Waals surface area (Å²) in [6, 6.07) is 12.9. The van der Waals surface area contributed by atoms with Gasteiger partial charge < -0.3 is 29.3 Å². The van der Waals surface area contributed by atoms with Crippen molar-refractivity contribution in [3.8, 4) is 17.2 Å². The van der Waals surface area contributed by atoms with Crippen LogP contribution in [0, 0.1) is 6.92 Å². The molecule has 0 unspecified atom stereocenters. The second kappa shape index (κ2) is 17.9. The standard InChI is InChI=1S/C22H19NO5.C6H13N.C2H6.CH5N.CH4/c1-4-26-14-5-7-16-18(11-14)23-10-9-19(16)28-15-6-8-17-20(12-15)27-13(2)21(17)22(24)25-3;1-2-7-5-3-4-6-7;2*1-2;/h5-12H,4H2,1-3H3;2-6H2,1H3;1-2H3;2H2,1H3;1H4. The summed E-state index contributed by atoms with van der Waals surface area (Å²) in [5, 5.41) is 1.56. The molecule has 2 aromatic heterocycles. The van der Waals surface area contributed by atoms with Crippen LogP contribution in [0.15, 0.2) is 53.1 Å². The number of hydrogen-bond acceptors (Lipinski definition) is 8. The summed E-state index contributed by atoms with van der Waals surface area (Å²) in [6.07, 6.45) is 4.54. The van der Waals surface area contributed by atoms with E-state index in [0.29, 0.717) is 40.4 Å². The first-order chi connectivity index (χ1) is 19.0. The zero-order chi connectivity index (χ0) is 28.8. The summed E-state index contributed by atoms with van der Waals surface area (Å²) in [5.41, 5.74) is 6.28. The van der Waals surface area contributed by atoms with E-state index in [9.17, 15) is 4.79 Å². The van der Waals surface area contributed by atoms with E-state index in [1.165, 1.54) is 46.6 Å². The summed E-state index contributed by atoms with van der Waals surface area (Å²) in [4.78, 5) is 18.9. The van der Waals surface area contributed by atoms with Crippen molar-refractivity contribution in [3.05, 3.63) is 60.0 Å². The molecule has 3 heterocycles. The average molecular weight is 554 g/mol. The molecule has 1 saturated heterocycles. The molecule has 0 aliphatic carbocycles. The van der Waals surface area contributed by atoms with Gasteiger partial charge >= 0.3 is 5.97 Å². The van der Waals surface area contributed by atoms with Gasteiger partial charge in [-0.3, -0.25) is 4.98 Å². The van der Waals surface area contributed by atoms with Crippen molar-refractivity contribution in [1.82, 2.24) is 9.88 Å². The van der Waals surface area contributed by atoms with E-state index >= 15 is 0 Å². The highest BCUT2D eigenvalue weighted by Gasteiger charge is 2.19. The van der Waals surface area contributed by atoms with Crippen LogP contribution in [0.4, 0.5) is 0 Å². The number of nitrogens with two attached hydrogens (primary N) is 1. The Hall–Kier alpha value is -3.62. The molecule has 0 radical (unpaired) electrons. The lowest BCUT2D eigenvalue weighted by molar-refractivity contribution is 0.0600. The van der Waals surface area contributed by atoms with Crippen LogP contribution in [0.5, 0.6) is 17.2 Å². The lowest BCUT2D eigenvalue weighted by Gasteiger charge is -2.10. The van der Waals surface area contributed by atoms with Gasteiger partial charge in [-0.1, -0.05) is 28.2 Å². The number of carbonyl (C=O) groups is 1. The number of carbonyl (C=O) groups excluding carboxylic acids is 1. The second-order valence-corrected chi connectivity index (χ2v) is 8.35. The lowest BCUT2D eigenvalue weighted by Crippen LogP contribution is -2.17. The van der Waals surface area contributed by atoms with Gasteiger partial charge in [-0.25, -0.2) is 4.79 Å². The molecule has 1 aliphatic rings. The van der Waals surface area contributed by atoms with E-state index < -0.39 is 5.97 Å². The molecular formula is C32H47N3O5. The predicted octanol–water partition coefficient (Wildman–Crippen LogP) is 7.61. The summed E-state index contributed by atoms with van der Waals surface area (Å²) >= 11 is 0. The Morgan fingerprint density at radius 2 is 1.65 bits per heavy atom. The third kappa shape index (κ3) is 8.69. The van der Waals surface area contributed by atoms with Crippen LogP contribution in [0.25, 0.3) is 21.9 Å². The first-order valence-electron chi connectivity index (χ1n) is 13.6. The molecule has 0 bridgehead atoms. The molecule has 0 amide bonds. The number of benzene rings is 2. The molecule has 0 atom stereocenters. The number of methoxy groups -OCH3 is 1. The number of rotatable bonds is 6. The van der Waals surface area contributed by atoms with E-state index in [1.54, 1.807) is 37.4 Å². The van der Waals surface area contributed by atoms with Gasteiger partial charge in [-0.2, -0.15) is 0 Å². The number of aryl methyl sites for hydroxylation is 1. The SMILES string of the molecule is C.CC.CCN1CCCC1.CCOc1ccc2c(Oc3ccc4c(C(=O)OC)c(C)oc4c3)ccnc2c1.CN. The van der Waals surface area contributed by atoms with E-state index in [-0.39, 0.29) is 7.43 Å². The first-order valence-corrected chi connectivity index (χ1v) is 13.6. The third-order valence-electron chi connectivity index (χ3n) is 6.09. The molecule has 0 spiro atoms. The van der Waals surface area contributed by atoms with Crippen molar-refractivity contribution in [2.45, 2.75) is 54.9 Å². The fraction of sp³-hybridized carbons (Fsp3) is 0.438. The third-order valence-corrected chi connectivity index (χ3v) is 6.09.